The van der Waals surface area contributed by atoms with Gasteiger partial charge < -0.3 is 9.84 Å². The lowest BCUT2D eigenvalue weighted by molar-refractivity contribution is -0.132. The second-order valence-corrected chi connectivity index (χ2v) is 7.86. The van der Waals surface area contributed by atoms with E-state index >= 15 is 0 Å². The van der Waals surface area contributed by atoms with Crippen molar-refractivity contribution in [2.24, 2.45) is 0 Å². The lowest BCUT2D eigenvalue weighted by Gasteiger charge is -2.26. The zero-order valence-corrected chi connectivity index (χ0v) is 18.2. The molecular weight excluding hydrogens is 456 g/mol. The number of anilines is 1. The minimum Gasteiger partial charge on any atom is -0.507 e. The SMILES string of the molecule is COc1ccc(N2C(=O)C(=O)/C(=C(/O)c3ccc(Cl)cc3)C2c2ccccc2F)cc1Cl. The van der Waals surface area contributed by atoms with Gasteiger partial charge in [-0.25, -0.2) is 4.39 Å². The molecule has 5 nitrogen and oxygen atoms in total. The van der Waals surface area contributed by atoms with Crippen molar-refractivity contribution < 1.29 is 23.8 Å². The number of ether oxygens (including phenoxy) is 1. The topological polar surface area (TPSA) is 66.8 Å². The number of carbonyl (C=O) groups excluding carboxylic acids is 2. The maximum absolute atomic E-state index is 14.9. The van der Waals surface area contributed by atoms with Crippen LogP contribution in [0.5, 0.6) is 5.75 Å². The van der Waals surface area contributed by atoms with Crippen LogP contribution in [0.1, 0.15) is 17.2 Å². The Labute approximate surface area is 193 Å². The number of halogens is 3. The Morgan fingerprint density at radius 3 is 2.34 bits per heavy atom. The molecule has 1 heterocycles. The summed E-state index contributed by atoms with van der Waals surface area (Å²) in [6.07, 6.45) is 0. The van der Waals surface area contributed by atoms with Crippen LogP contribution in [0, 0.1) is 5.82 Å². The number of rotatable bonds is 4. The van der Waals surface area contributed by atoms with Gasteiger partial charge in [-0.1, -0.05) is 41.4 Å². The maximum atomic E-state index is 14.9. The van der Waals surface area contributed by atoms with Crippen LogP contribution in [0.15, 0.2) is 72.3 Å². The third kappa shape index (κ3) is 3.72. The van der Waals surface area contributed by atoms with Gasteiger partial charge in [-0.2, -0.15) is 0 Å². The third-order valence-electron chi connectivity index (χ3n) is 5.18. The van der Waals surface area contributed by atoms with Crippen LogP contribution in [-0.4, -0.2) is 23.9 Å². The van der Waals surface area contributed by atoms with E-state index in [4.69, 9.17) is 27.9 Å². The fraction of sp³-hybridized carbons (Fsp3) is 0.0833. The molecule has 3 aromatic rings. The van der Waals surface area contributed by atoms with E-state index in [2.05, 4.69) is 0 Å². The van der Waals surface area contributed by atoms with Gasteiger partial charge in [0.25, 0.3) is 11.7 Å². The van der Waals surface area contributed by atoms with Crippen molar-refractivity contribution in [3.63, 3.8) is 0 Å². The number of carbonyl (C=O) groups is 2. The van der Waals surface area contributed by atoms with Gasteiger partial charge in [0.1, 0.15) is 17.3 Å². The summed E-state index contributed by atoms with van der Waals surface area (Å²) < 4.78 is 20.0. The van der Waals surface area contributed by atoms with Gasteiger partial charge in [0.05, 0.1) is 23.7 Å². The number of aliphatic hydroxyl groups is 1. The molecule has 4 rings (SSSR count). The van der Waals surface area contributed by atoms with Crippen LogP contribution in [0.2, 0.25) is 10.0 Å². The molecule has 0 bridgehead atoms. The molecule has 0 radical (unpaired) electrons. The number of benzene rings is 3. The van der Waals surface area contributed by atoms with E-state index in [9.17, 15) is 19.1 Å². The smallest absolute Gasteiger partial charge is 0.300 e. The van der Waals surface area contributed by atoms with E-state index in [-0.39, 0.29) is 27.4 Å². The monoisotopic (exact) mass is 471 g/mol. The molecule has 1 aliphatic rings. The highest BCUT2D eigenvalue weighted by atomic mass is 35.5. The Bertz CT molecular complexity index is 1260. The van der Waals surface area contributed by atoms with Crippen LogP contribution in [0.25, 0.3) is 5.76 Å². The van der Waals surface area contributed by atoms with Crippen molar-refractivity contribution in [1.29, 1.82) is 0 Å². The maximum Gasteiger partial charge on any atom is 0.300 e. The molecule has 0 saturated carbocycles. The molecule has 0 aromatic heterocycles. The molecule has 162 valence electrons. The Morgan fingerprint density at radius 1 is 1.03 bits per heavy atom. The summed E-state index contributed by atoms with van der Waals surface area (Å²) in [6.45, 7) is 0. The van der Waals surface area contributed by atoms with Gasteiger partial charge in [0.2, 0.25) is 0 Å². The summed E-state index contributed by atoms with van der Waals surface area (Å²) in [5, 5.41) is 11.6. The number of Topliss-reactive ketones (excluding diaryl/α,β-unsaturated/α-hetero) is 1. The van der Waals surface area contributed by atoms with Crippen molar-refractivity contribution in [2.75, 3.05) is 12.0 Å². The van der Waals surface area contributed by atoms with Gasteiger partial charge >= 0.3 is 0 Å². The first kappa shape index (κ1) is 21.9. The number of amides is 1. The molecule has 1 atom stereocenters. The standard InChI is InChI=1S/C24H16Cl2FNO4/c1-32-19-11-10-15(12-17(19)26)28-21(16-4-2-3-5-18(16)27)20(23(30)24(28)31)22(29)13-6-8-14(25)9-7-13/h2-12,21,29H,1H3/b22-20+. The molecule has 1 amide bonds. The molecule has 3 aromatic carbocycles. The molecule has 0 spiro atoms. The fourth-order valence-electron chi connectivity index (χ4n) is 3.66. The Hall–Kier alpha value is -3.35. The fourth-order valence-corrected chi connectivity index (χ4v) is 4.04. The number of methoxy groups -OCH3 is 1. The summed E-state index contributed by atoms with van der Waals surface area (Å²) in [5.41, 5.74) is 0.325. The predicted octanol–water partition coefficient (Wildman–Crippen LogP) is 5.77. The van der Waals surface area contributed by atoms with E-state index in [0.29, 0.717) is 10.8 Å². The second kappa shape index (κ2) is 8.65. The zero-order chi connectivity index (χ0) is 23.0. The van der Waals surface area contributed by atoms with Crippen LogP contribution in [0.3, 0.4) is 0 Å². The molecule has 0 aliphatic carbocycles. The van der Waals surface area contributed by atoms with Crippen LogP contribution in [-0.2, 0) is 9.59 Å². The lowest BCUT2D eigenvalue weighted by Crippen LogP contribution is -2.29. The summed E-state index contributed by atoms with van der Waals surface area (Å²) in [7, 11) is 1.44. The molecule has 32 heavy (non-hydrogen) atoms. The minimum absolute atomic E-state index is 0.0501. The van der Waals surface area contributed by atoms with Crippen molar-refractivity contribution in [3.8, 4) is 5.75 Å². The minimum atomic E-state index is -1.21. The average Bonchev–Trinajstić information content (AvgIpc) is 3.04. The molecular formula is C24H16Cl2FNO4. The number of nitrogens with zero attached hydrogens (tertiary/aromatic N) is 1. The van der Waals surface area contributed by atoms with E-state index in [1.807, 2.05) is 0 Å². The molecule has 8 heteroatoms. The van der Waals surface area contributed by atoms with Crippen molar-refractivity contribution >= 4 is 46.3 Å². The summed E-state index contributed by atoms with van der Waals surface area (Å²) in [5.74, 6) is -2.57. The molecule has 1 unspecified atom stereocenters. The molecule has 1 fully saturated rings. The first-order valence-electron chi connectivity index (χ1n) is 9.48. The van der Waals surface area contributed by atoms with E-state index in [0.717, 1.165) is 4.90 Å². The average molecular weight is 472 g/mol. The highest BCUT2D eigenvalue weighted by Gasteiger charge is 2.47. The van der Waals surface area contributed by atoms with E-state index in [1.54, 1.807) is 6.07 Å². The van der Waals surface area contributed by atoms with Crippen LogP contribution < -0.4 is 9.64 Å². The Morgan fingerprint density at radius 2 is 1.72 bits per heavy atom. The zero-order valence-electron chi connectivity index (χ0n) is 16.7. The summed E-state index contributed by atoms with van der Waals surface area (Å²) in [4.78, 5) is 27.3. The lowest BCUT2D eigenvalue weighted by atomic mass is 9.94. The molecule has 1 N–H and O–H groups in total. The summed E-state index contributed by atoms with van der Waals surface area (Å²) >= 11 is 12.1. The quantitative estimate of drug-likeness (QED) is 0.298. The second-order valence-electron chi connectivity index (χ2n) is 7.02. The molecule has 1 aliphatic heterocycles. The van der Waals surface area contributed by atoms with E-state index in [1.165, 1.54) is 67.8 Å². The predicted molar refractivity (Wildman–Crippen MR) is 121 cm³/mol. The van der Waals surface area contributed by atoms with Gasteiger partial charge in [0, 0.05) is 21.8 Å². The van der Waals surface area contributed by atoms with Crippen molar-refractivity contribution in [3.05, 3.63) is 99.3 Å². The molecule has 1 saturated heterocycles. The van der Waals surface area contributed by atoms with Gasteiger partial charge in [-0.05, 0) is 48.5 Å². The number of aliphatic hydroxyl groups excluding tert-OH is 1. The highest BCUT2D eigenvalue weighted by molar-refractivity contribution is 6.52. The highest BCUT2D eigenvalue weighted by Crippen LogP contribution is 2.44. The van der Waals surface area contributed by atoms with Gasteiger partial charge in [-0.15, -0.1) is 0 Å². The normalized spacial score (nSPS) is 17.6. The third-order valence-corrected chi connectivity index (χ3v) is 5.72. The van der Waals surface area contributed by atoms with Crippen molar-refractivity contribution in [2.45, 2.75) is 6.04 Å². The van der Waals surface area contributed by atoms with Gasteiger partial charge in [0.15, 0.2) is 0 Å². The van der Waals surface area contributed by atoms with Gasteiger partial charge in [-0.3, -0.25) is 14.5 Å². The van der Waals surface area contributed by atoms with Crippen molar-refractivity contribution in [1.82, 2.24) is 0 Å². The number of hydrogen-bond acceptors (Lipinski definition) is 4. The first-order valence-corrected chi connectivity index (χ1v) is 10.2. The van der Waals surface area contributed by atoms with Crippen LogP contribution >= 0.6 is 23.2 Å². The largest absolute Gasteiger partial charge is 0.507 e. The number of ketones is 1. The van der Waals surface area contributed by atoms with Crippen LogP contribution in [0.4, 0.5) is 10.1 Å². The first-order chi connectivity index (χ1) is 15.3. The Balaban J connectivity index is 1.96. The Kier molecular flexibility index (Phi) is 5.91. The van der Waals surface area contributed by atoms with E-state index < -0.39 is 29.3 Å². The number of hydrogen-bond donors (Lipinski definition) is 1. The summed E-state index contributed by atoms with van der Waals surface area (Å²) in [6, 6.07) is 15.1.